The molecule has 0 bridgehead atoms. The Morgan fingerprint density at radius 2 is 1.65 bits per heavy atom. The van der Waals surface area contributed by atoms with E-state index < -0.39 is 30.1 Å². The first-order chi connectivity index (χ1) is 15.9. The van der Waals surface area contributed by atoms with Gasteiger partial charge in [-0.2, -0.15) is 26.3 Å². The molecule has 0 aromatic heterocycles. The standard InChI is InChI=1S/C25H28F6N2O/c1-4-8-20-13-21(11-12-22(20)33-15-17(2)32-14-18(33)3)23(24(26,27)28,25(29,30)31)34-16-19-9-6-5-7-10-19/h4-13,17-18,32H,14-16H2,1-3H3/t17-,18+/m1/s1. The number of nitrogens with one attached hydrogen (secondary N) is 1. The Hall–Kier alpha value is -2.52. The highest BCUT2D eigenvalue weighted by molar-refractivity contribution is 5.69. The number of anilines is 1. The van der Waals surface area contributed by atoms with Crippen LogP contribution in [0.15, 0.2) is 54.6 Å². The Balaban J connectivity index is 2.14. The Labute approximate surface area is 195 Å². The number of nitrogens with zero attached hydrogens (tertiary/aromatic N) is 1. The highest BCUT2D eigenvalue weighted by Gasteiger charge is 2.73. The third-order valence-corrected chi connectivity index (χ3v) is 5.95. The number of rotatable bonds is 6. The van der Waals surface area contributed by atoms with Gasteiger partial charge in [0, 0.05) is 36.4 Å². The van der Waals surface area contributed by atoms with Crippen molar-refractivity contribution < 1.29 is 31.1 Å². The van der Waals surface area contributed by atoms with Gasteiger partial charge in [0.25, 0.3) is 5.60 Å². The lowest BCUT2D eigenvalue weighted by Gasteiger charge is -2.41. The molecule has 1 aliphatic rings. The Kier molecular flexibility index (Phi) is 7.67. The molecule has 3 rings (SSSR count). The van der Waals surface area contributed by atoms with Crippen molar-refractivity contribution in [2.75, 3.05) is 18.0 Å². The minimum Gasteiger partial charge on any atom is -0.366 e. The van der Waals surface area contributed by atoms with E-state index in [1.165, 1.54) is 36.4 Å². The van der Waals surface area contributed by atoms with Crippen LogP contribution in [0.25, 0.3) is 6.08 Å². The van der Waals surface area contributed by atoms with Gasteiger partial charge in [0.05, 0.1) is 6.61 Å². The van der Waals surface area contributed by atoms with Crippen molar-refractivity contribution in [1.29, 1.82) is 0 Å². The van der Waals surface area contributed by atoms with Crippen molar-refractivity contribution >= 4 is 11.8 Å². The summed E-state index contributed by atoms with van der Waals surface area (Å²) in [5.74, 6) is 0. The fourth-order valence-corrected chi connectivity index (χ4v) is 4.21. The van der Waals surface area contributed by atoms with Crippen molar-refractivity contribution in [2.24, 2.45) is 0 Å². The van der Waals surface area contributed by atoms with Crippen LogP contribution >= 0.6 is 0 Å². The summed E-state index contributed by atoms with van der Waals surface area (Å²) in [6, 6.07) is 10.8. The van der Waals surface area contributed by atoms with Crippen LogP contribution in [0.1, 0.15) is 37.5 Å². The lowest BCUT2D eigenvalue weighted by atomic mass is 9.89. The molecule has 1 aliphatic heterocycles. The van der Waals surface area contributed by atoms with Crippen molar-refractivity contribution in [2.45, 2.75) is 57.4 Å². The molecule has 2 aromatic rings. The fourth-order valence-electron chi connectivity index (χ4n) is 4.21. The molecule has 3 nitrogen and oxygen atoms in total. The largest absolute Gasteiger partial charge is 0.430 e. The van der Waals surface area contributed by atoms with Gasteiger partial charge in [-0.15, -0.1) is 0 Å². The zero-order valence-electron chi connectivity index (χ0n) is 19.2. The zero-order valence-corrected chi connectivity index (χ0v) is 19.2. The SMILES string of the molecule is CC=Cc1cc(C(OCc2ccccc2)(C(F)(F)F)C(F)(F)F)ccc1N1C[C@@H](C)NC[C@@H]1C. The molecule has 0 saturated carbocycles. The molecule has 0 radical (unpaired) electrons. The van der Waals surface area contributed by atoms with Crippen molar-refractivity contribution in [3.63, 3.8) is 0 Å². The number of alkyl halides is 6. The van der Waals surface area contributed by atoms with Crippen LogP contribution in [0.3, 0.4) is 0 Å². The minimum atomic E-state index is -5.74. The summed E-state index contributed by atoms with van der Waals surface area (Å²) in [6.45, 7) is 5.94. The van der Waals surface area contributed by atoms with Crippen LogP contribution in [0, 0.1) is 0 Å². The van der Waals surface area contributed by atoms with Crippen LogP contribution in [0.2, 0.25) is 0 Å². The molecule has 34 heavy (non-hydrogen) atoms. The van der Waals surface area contributed by atoms with E-state index in [9.17, 15) is 26.3 Å². The molecular formula is C25H28F6N2O. The molecule has 1 N–H and O–H groups in total. The number of ether oxygens (including phenoxy) is 1. The normalized spacial score (nSPS) is 20.2. The Morgan fingerprint density at radius 3 is 2.24 bits per heavy atom. The molecule has 1 saturated heterocycles. The zero-order chi connectivity index (χ0) is 25.1. The third-order valence-electron chi connectivity index (χ3n) is 5.95. The maximum absolute atomic E-state index is 14.3. The second-order valence-electron chi connectivity index (χ2n) is 8.54. The molecule has 0 aliphatic carbocycles. The summed E-state index contributed by atoms with van der Waals surface area (Å²) in [5, 5.41) is 3.31. The highest BCUT2D eigenvalue weighted by atomic mass is 19.4. The van der Waals surface area contributed by atoms with Crippen molar-refractivity contribution in [3.05, 3.63) is 71.3 Å². The van der Waals surface area contributed by atoms with Gasteiger partial charge in [-0.25, -0.2) is 0 Å². The summed E-state index contributed by atoms with van der Waals surface area (Å²) in [6.07, 6.45) is -8.38. The summed E-state index contributed by atoms with van der Waals surface area (Å²) in [4.78, 5) is 1.99. The lowest BCUT2D eigenvalue weighted by molar-refractivity contribution is -0.392. The maximum Gasteiger partial charge on any atom is 0.430 e. The fraction of sp³-hybridized carbons (Fsp3) is 0.440. The molecule has 0 unspecified atom stereocenters. The van der Waals surface area contributed by atoms with Crippen LogP contribution in [0.4, 0.5) is 32.0 Å². The number of piperazine rings is 1. The number of hydrogen-bond donors (Lipinski definition) is 1. The third kappa shape index (κ3) is 5.10. The molecular weight excluding hydrogens is 458 g/mol. The predicted molar refractivity (Wildman–Crippen MR) is 120 cm³/mol. The van der Waals surface area contributed by atoms with Gasteiger partial charge < -0.3 is 15.0 Å². The summed E-state index contributed by atoms with van der Waals surface area (Å²) >= 11 is 0. The first kappa shape index (κ1) is 26.1. The van der Waals surface area contributed by atoms with Gasteiger partial charge in [-0.05, 0) is 44.0 Å². The van der Waals surface area contributed by atoms with Crippen molar-refractivity contribution in [1.82, 2.24) is 5.32 Å². The molecule has 2 atom stereocenters. The van der Waals surface area contributed by atoms with Gasteiger partial charge in [0.2, 0.25) is 0 Å². The predicted octanol–water partition coefficient (Wildman–Crippen LogP) is 6.44. The second-order valence-corrected chi connectivity index (χ2v) is 8.54. The van der Waals surface area contributed by atoms with E-state index in [0.29, 0.717) is 18.8 Å². The monoisotopic (exact) mass is 486 g/mol. The molecule has 1 heterocycles. The Bertz CT molecular complexity index is 973. The van der Waals surface area contributed by atoms with Crippen molar-refractivity contribution in [3.8, 4) is 0 Å². The minimum absolute atomic E-state index is 0.00961. The average molecular weight is 487 g/mol. The van der Waals surface area contributed by atoms with E-state index in [2.05, 4.69) is 5.32 Å². The number of halogens is 6. The second kappa shape index (κ2) is 10.00. The molecule has 186 valence electrons. The molecule has 9 heteroatoms. The van der Waals surface area contributed by atoms with E-state index in [-0.39, 0.29) is 23.2 Å². The summed E-state index contributed by atoms with van der Waals surface area (Å²) in [5.41, 5.74) is -4.44. The Morgan fingerprint density at radius 1 is 1.00 bits per heavy atom. The topological polar surface area (TPSA) is 24.5 Å². The summed E-state index contributed by atoms with van der Waals surface area (Å²) in [7, 11) is 0. The van der Waals surface area contributed by atoms with Gasteiger partial charge in [0.15, 0.2) is 0 Å². The van der Waals surface area contributed by atoms with Gasteiger partial charge in [0.1, 0.15) is 0 Å². The average Bonchev–Trinajstić information content (AvgIpc) is 2.75. The number of allylic oxidation sites excluding steroid dienone is 1. The maximum atomic E-state index is 14.3. The molecule has 0 spiro atoms. The van der Waals surface area contributed by atoms with Gasteiger partial charge in [-0.1, -0.05) is 48.6 Å². The number of benzene rings is 2. The smallest absolute Gasteiger partial charge is 0.366 e. The molecule has 0 amide bonds. The van der Waals surface area contributed by atoms with E-state index in [0.717, 1.165) is 12.1 Å². The van der Waals surface area contributed by atoms with Crippen LogP contribution in [0.5, 0.6) is 0 Å². The first-order valence-electron chi connectivity index (χ1n) is 11.0. The van der Waals surface area contributed by atoms with Crippen LogP contribution < -0.4 is 10.2 Å². The van der Waals surface area contributed by atoms with E-state index in [4.69, 9.17) is 4.74 Å². The lowest BCUT2D eigenvalue weighted by Crippen LogP contribution is -2.56. The molecule has 2 aromatic carbocycles. The van der Waals surface area contributed by atoms with Gasteiger partial charge >= 0.3 is 12.4 Å². The van der Waals surface area contributed by atoms with E-state index >= 15 is 0 Å². The van der Waals surface area contributed by atoms with Crippen LogP contribution in [-0.2, 0) is 16.9 Å². The first-order valence-corrected chi connectivity index (χ1v) is 11.0. The highest BCUT2D eigenvalue weighted by Crippen LogP contribution is 2.54. The van der Waals surface area contributed by atoms with E-state index in [1.54, 1.807) is 19.1 Å². The van der Waals surface area contributed by atoms with Gasteiger partial charge in [-0.3, -0.25) is 0 Å². The quantitative estimate of drug-likeness (QED) is 0.476. The van der Waals surface area contributed by atoms with Crippen LogP contribution in [-0.4, -0.2) is 37.5 Å². The van der Waals surface area contributed by atoms with E-state index in [1.807, 2.05) is 18.7 Å². The number of hydrogen-bond acceptors (Lipinski definition) is 3. The summed E-state index contributed by atoms with van der Waals surface area (Å²) < 4.78 is 90.4. The molecule has 1 fully saturated rings.